The molecular weight excluding hydrogens is 248 g/mol. The molecule has 2 unspecified atom stereocenters. The van der Waals surface area contributed by atoms with Crippen LogP contribution in [0.2, 0.25) is 0 Å². The molecule has 1 aromatic rings. The van der Waals surface area contributed by atoms with E-state index in [2.05, 4.69) is 15.5 Å². The highest BCUT2D eigenvalue weighted by molar-refractivity contribution is 6.06. The molecule has 0 aliphatic heterocycles. The number of nitrogens with zero attached hydrogens (tertiary/aromatic N) is 2. The van der Waals surface area contributed by atoms with Gasteiger partial charge in [0.2, 0.25) is 11.8 Å². The maximum Gasteiger partial charge on any atom is 0.234 e. The SMILES string of the molecule is CCC(C)(C(=O)NC(C)c1ncc(C)o1)/C(N)=N/O. The lowest BCUT2D eigenvalue weighted by Gasteiger charge is -2.26. The van der Waals surface area contributed by atoms with Gasteiger partial charge in [0, 0.05) is 0 Å². The molecule has 0 aliphatic carbocycles. The van der Waals surface area contributed by atoms with Crippen LogP contribution in [0.25, 0.3) is 0 Å². The van der Waals surface area contributed by atoms with Gasteiger partial charge in [-0.1, -0.05) is 12.1 Å². The predicted octanol–water partition coefficient (Wildman–Crippen LogP) is 1.32. The van der Waals surface area contributed by atoms with E-state index in [0.717, 1.165) is 0 Å². The summed E-state index contributed by atoms with van der Waals surface area (Å²) in [4.78, 5) is 16.3. The van der Waals surface area contributed by atoms with Gasteiger partial charge in [-0.25, -0.2) is 4.98 Å². The van der Waals surface area contributed by atoms with Gasteiger partial charge in [-0.3, -0.25) is 4.79 Å². The smallest absolute Gasteiger partial charge is 0.234 e. The normalized spacial score (nSPS) is 16.7. The van der Waals surface area contributed by atoms with E-state index in [9.17, 15) is 4.79 Å². The predicted molar refractivity (Wildman–Crippen MR) is 69.6 cm³/mol. The maximum absolute atomic E-state index is 12.2. The highest BCUT2D eigenvalue weighted by Crippen LogP contribution is 2.23. The zero-order valence-corrected chi connectivity index (χ0v) is 11.6. The fourth-order valence-corrected chi connectivity index (χ4v) is 1.56. The molecule has 0 bridgehead atoms. The van der Waals surface area contributed by atoms with Crippen LogP contribution in [0.1, 0.15) is 44.9 Å². The van der Waals surface area contributed by atoms with Gasteiger partial charge in [0.1, 0.15) is 17.2 Å². The van der Waals surface area contributed by atoms with Crippen LogP contribution in [0.5, 0.6) is 0 Å². The van der Waals surface area contributed by atoms with Gasteiger partial charge in [0.25, 0.3) is 0 Å². The van der Waals surface area contributed by atoms with E-state index in [-0.39, 0.29) is 11.7 Å². The van der Waals surface area contributed by atoms with Crippen LogP contribution in [-0.4, -0.2) is 21.9 Å². The Kier molecular flexibility index (Phi) is 4.52. The summed E-state index contributed by atoms with van der Waals surface area (Å²) in [6.07, 6.45) is 1.99. The first kappa shape index (κ1) is 15.0. The van der Waals surface area contributed by atoms with Crippen molar-refractivity contribution in [3.05, 3.63) is 17.8 Å². The monoisotopic (exact) mass is 268 g/mol. The number of rotatable bonds is 5. The summed E-state index contributed by atoms with van der Waals surface area (Å²) in [6.45, 7) is 6.94. The average Bonchev–Trinajstić information content (AvgIpc) is 2.83. The molecule has 0 saturated carbocycles. The summed E-state index contributed by atoms with van der Waals surface area (Å²) in [6, 6.07) is -0.390. The van der Waals surface area contributed by atoms with Gasteiger partial charge in [-0.05, 0) is 27.2 Å². The Morgan fingerprint density at radius 1 is 1.74 bits per heavy atom. The van der Waals surface area contributed by atoms with Crippen LogP contribution in [0.3, 0.4) is 0 Å². The fraction of sp³-hybridized carbons (Fsp3) is 0.583. The van der Waals surface area contributed by atoms with E-state index in [0.29, 0.717) is 18.1 Å². The van der Waals surface area contributed by atoms with Crippen molar-refractivity contribution in [2.75, 3.05) is 0 Å². The van der Waals surface area contributed by atoms with Crippen molar-refractivity contribution < 1.29 is 14.4 Å². The number of amidine groups is 1. The molecular formula is C12H20N4O3. The molecule has 0 spiro atoms. The molecule has 0 aliphatic rings. The zero-order chi connectivity index (χ0) is 14.6. The number of aryl methyl sites for hydroxylation is 1. The lowest BCUT2D eigenvalue weighted by atomic mass is 9.85. The van der Waals surface area contributed by atoms with Gasteiger partial charge < -0.3 is 20.7 Å². The number of amides is 1. The number of nitrogens with two attached hydrogens (primary N) is 1. The third-order valence-electron chi connectivity index (χ3n) is 3.24. The largest absolute Gasteiger partial charge is 0.444 e. The average molecular weight is 268 g/mol. The van der Waals surface area contributed by atoms with Crippen molar-refractivity contribution in [2.24, 2.45) is 16.3 Å². The number of oxazole rings is 1. The van der Waals surface area contributed by atoms with Crippen molar-refractivity contribution in [1.82, 2.24) is 10.3 Å². The Morgan fingerprint density at radius 3 is 2.79 bits per heavy atom. The highest BCUT2D eigenvalue weighted by Gasteiger charge is 2.37. The quantitative estimate of drug-likeness (QED) is 0.322. The summed E-state index contributed by atoms with van der Waals surface area (Å²) >= 11 is 0. The van der Waals surface area contributed by atoms with Gasteiger partial charge in [-0.2, -0.15) is 0 Å². The summed E-state index contributed by atoms with van der Waals surface area (Å²) in [7, 11) is 0. The first-order valence-corrected chi connectivity index (χ1v) is 6.06. The molecule has 0 aromatic carbocycles. The fourth-order valence-electron chi connectivity index (χ4n) is 1.56. The molecule has 7 heteroatoms. The van der Waals surface area contributed by atoms with Crippen LogP contribution < -0.4 is 11.1 Å². The van der Waals surface area contributed by atoms with E-state index >= 15 is 0 Å². The molecule has 0 radical (unpaired) electrons. The second-order valence-corrected chi connectivity index (χ2v) is 4.68. The van der Waals surface area contributed by atoms with Crippen molar-refractivity contribution in [2.45, 2.75) is 40.2 Å². The molecule has 19 heavy (non-hydrogen) atoms. The Hall–Kier alpha value is -2.05. The number of hydrogen-bond acceptors (Lipinski definition) is 5. The number of nitrogens with one attached hydrogen (secondary N) is 1. The summed E-state index contributed by atoms with van der Waals surface area (Å²) in [5, 5.41) is 14.4. The Morgan fingerprint density at radius 2 is 2.37 bits per heavy atom. The van der Waals surface area contributed by atoms with Crippen molar-refractivity contribution in [3.8, 4) is 0 Å². The highest BCUT2D eigenvalue weighted by atomic mass is 16.4. The first-order chi connectivity index (χ1) is 8.85. The molecule has 0 fully saturated rings. The number of oxime groups is 1. The Labute approximate surface area is 111 Å². The molecule has 1 heterocycles. The summed E-state index contributed by atoms with van der Waals surface area (Å²) < 4.78 is 5.34. The van der Waals surface area contributed by atoms with Gasteiger partial charge in [0.15, 0.2) is 5.84 Å². The molecule has 2 atom stereocenters. The van der Waals surface area contributed by atoms with E-state index in [1.54, 1.807) is 33.9 Å². The molecule has 0 saturated heterocycles. The molecule has 1 amide bonds. The second-order valence-electron chi connectivity index (χ2n) is 4.68. The standard InChI is InChI=1S/C12H20N4O3/c1-5-12(4,10(13)16-18)11(17)15-8(3)9-14-6-7(2)19-9/h6,8,18H,5H2,1-4H3,(H2,13,16)(H,15,17). The van der Waals surface area contributed by atoms with Crippen molar-refractivity contribution in [1.29, 1.82) is 0 Å². The van der Waals surface area contributed by atoms with E-state index in [1.165, 1.54) is 0 Å². The Balaban J connectivity index is 2.84. The molecule has 1 rings (SSSR count). The van der Waals surface area contributed by atoms with E-state index in [1.807, 2.05) is 0 Å². The minimum absolute atomic E-state index is 0.122. The minimum atomic E-state index is -1.06. The van der Waals surface area contributed by atoms with Crippen LogP contribution in [-0.2, 0) is 4.79 Å². The number of carbonyl (C=O) groups excluding carboxylic acids is 1. The molecule has 7 nitrogen and oxygen atoms in total. The number of carbonyl (C=O) groups is 1. The van der Waals surface area contributed by atoms with Gasteiger partial charge in [0.05, 0.1) is 6.20 Å². The maximum atomic E-state index is 12.2. The number of aromatic nitrogens is 1. The van der Waals surface area contributed by atoms with Crippen LogP contribution in [0.4, 0.5) is 0 Å². The van der Waals surface area contributed by atoms with Crippen LogP contribution in [0.15, 0.2) is 15.8 Å². The first-order valence-electron chi connectivity index (χ1n) is 6.06. The zero-order valence-electron chi connectivity index (χ0n) is 11.6. The minimum Gasteiger partial charge on any atom is -0.444 e. The van der Waals surface area contributed by atoms with E-state index in [4.69, 9.17) is 15.4 Å². The topological polar surface area (TPSA) is 114 Å². The van der Waals surface area contributed by atoms with E-state index < -0.39 is 11.5 Å². The molecule has 1 aromatic heterocycles. The second kappa shape index (κ2) is 5.73. The third kappa shape index (κ3) is 3.04. The lowest BCUT2D eigenvalue weighted by molar-refractivity contribution is -0.128. The van der Waals surface area contributed by atoms with Crippen molar-refractivity contribution >= 4 is 11.7 Å². The van der Waals surface area contributed by atoms with Crippen molar-refractivity contribution in [3.63, 3.8) is 0 Å². The van der Waals surface area contributed by atoms with Crippen LogP contribution >= 0.6 is 0 Å². The third-order valence-corrected chi connectivity index (χ3v) is 3.24. The lowest BCUT2D eigenvalue weighted by Crippen LogP contribution is -2.48. The molecule has 106 valence electrons. The Bertz CT molecular complexity index is 483. The molecule has 4 N–H and O–H groups in total. The number of hydrogen-bond donors (Lipinski definition) is 3. The van der Waals surface area contributed by atoms with Gasteiger partial charge >= 0.3 is 0 Å². The summed E-state index contributed by atoms with van der Waals surface area (Å²) in [5.74, 6) is 0.631. The van der Waals surface area contributed by atoms with Gasteiger partial charge in [-0.15, -0.1) is 0 Å². The van der Waals surface area contributed by atoms with Crippen LogP contribution in [0, 0.1) is 12.3 Å². The summed E-state index contributed by atoms with van der Waals surface area (Å²) in [5.41, 5.74) is 4.52.